The van der Waals surface area contributed by atoms with Crippen molar-refractivity contribution in [1.29, 1.82) is 0 Å². The first-order valence-electron chi connectivity index (χ1n) is 7.94. The van der Waals surface area contributed by atoms with Gasteiger partial charge in [-0.2, -0.15) is 5.10 Å². The number of nitrogens with one attached hydrogen (secondary N) is 1. The fourth-order valence-corrected chi connectivity index (χ4v) is 3.75. The van der Waals surface area contributed by atoms with Crippen molar-refractivity contribution in [2.75, 3.05) is 6.54 Å². The van der Waals surface area contributed by atoms with Gasteiger partial charge in [-0.3, -0.25) is 4.68 Å². The highest BCUT2D eigenvalue weighted by atomic mass is 32.1. The molecule has 116 valence electrons. The van der Waals surface area contributed by atoms with Crippen molar-refractivity contribution in [3.8, 4) is 0 Å². The summed E-state index contributed by atoms with van der Waals surface area (Å²) < 4.78 is 2.15. The topological polar surface area (TPSA) is 29.9 Å². The molecule has 1 N–H and O–H groups in total. The second-order valence-electron chi connectivity index (χ2n) is 5.50. The number of hydrogen-bond donors (Lipinski definition) is 1. The average molecular weight is 305 g/mol. The largest absolute Gasteiger partial charge is 0.309 e. The third-order valence-electron chi connectivity index (χ3n) is 3.97. The molecule has 3 nitrogen and oxygen atoms in total. The van der Waals surface area contributed by atoms with Crippen LogP contribution in [-0.4, -0.2) is 16.3 Å². The van der Waals surface area contributed by atoms with Gasteiger partial charge in [-0.05, 0) is 51.4 Å². The highest BCUT2D eigenvalue weighted by molar-refractivity contribution is 7.12. The molecule has 0 aliphatic heterocycles. The molecule has 0 amide bonds. The number of aromatic nitrogens is 2. The molecule has 21 heavy (non-hydrogen) atoms. The molecule has 2 rings (SSSR count). The molecular formula is C17H27N3S. The first kappa shape index (κ1) is 16.2. The molecule has 0 fully saturated rings. The van der Waals surface area contributed by atoms with Gasteiger partial charge >= 0.3 is 0 Å². The Morgan fingerprint density at radius 2 is 2.00 bits per heavy atom. The SMILES string of the molecule is CCNC(Cc1cc(CC)nn1CC)c1cc(C)c(C)s1. The van der Waals surface area contributed by atoms with Gasteiger partial charge in [0.1, 0.15) is 0 Å². The predicted molar refractivity (Wildman–Crippen MR) is 91.2 cm³/mol. The van der Waals surface area contributed by atoms with Crippen molar-refractivity contribution < 1.29 is 0 Å². The molecule has 0 spiro atoms. The summed E-state index contributed by atoms with van der Waals surface area (Å²) in [6, 6.07) is 4.99. The molecule has 1 atom stereocenters. The minimum Gasteiger partial charge on any atom is -0.309 e. The normalized spacial score (nSPS) is 12.8. The van der Waals surface area contributed by atoms with Crippen LogP contribution in [0, 0.1) is 13.8 Å². The molecule has 0 saturated heterocycles. The summed E-state index contributed by atoms with van der Waals surface area (Å²) in [4.78, 5) is 2.86. The molecule has 2 heterocycles. The Labute approximate surface area is 132 Å². The van der Waals surface area contributed by atoms with E-state index in [1.807, 2.05) is 11.3 Å². The standard InChI is InChI=1S/C17H27N3S/c1-6-14-10-15(20(8-3)19-14)11-16(18-7-2)17-9-12(4)13(5)21-17/h9-10,16,18H,6-8,11H2,1-5H3. The Morgan fingerprint density at radius 3 is 2.52 bits per heavy atom. The lowest BCUT2D eigenvalue weighted by Crippen LogP contribution is -2.23. The van der Waals surface area contributed by atoms with Crippen LogP contribution in [0.25, 0.3) is 0 Å². The monoisotopic (exact) mass is 305 g/mol. The summed E-state index contributed by atoms with van der Waals surface area (Å²) in [5, 5.41) is 8.30. The van der Waals surface area contributed by atoms with Gasteiger partial charge in [-0.25, -0.2) is 0 Å². The molecule has 2 aromatic rings. The lowest BCUT2D eigenvalue weighted by Gasteiger charge is -2.17. The number of aryl methyl sites for hydroxylation is 4. The van der Waals surface area contributed by atoms with Crippen LogP contribution in [-0.2, 0) is 19.4 Å². The van der Waals surface area contributed by atoms with Crippen LogP contribution in [0.5, 0.6) is 0 Å². The summed E-state index contributed by atoms with van der Waals surface area (Å²) in [5.41, 5.74) is 3.93. The van der Waals surface area contributed by atoms with Gasteiger partial charge in [-0.15, -0.1) is 11.3 Å². The van der Waals surface area contributed by atoms with Gasteiger partial charge in [0.2, 0.25) is 0 Å². The van der Waals surface area contributed by atoms with Crippen LogP contribution in [0.4, 0.5) is 0 Å². The van der Waals surface area contributed by atoms with Gasteiger partial charge < -0.3 is 5.32 Å². The molecule has 4 heteroatoms. The van der Waals surface area contributed by atoms with Crippen molar-refractivity contribution in [3.63, 3.8) is 0 Å². The number of thiophene rings is 1. The van der Waals surface area contributed by atoms with Crippen LogP contribution in [0.2, 0.25) is 0 Å². The lowest BCUT2D eigenvalue weighted by atomic mass is 10.1. The van der Waals surface area contributed by atoms with Crippen molar-refractivity contribution in [2.45, 2.75) is 60.0 Å². The first-order valence-corrected chi connectivity index (χ1v) is 8.76. The van der Waals surface area contributed by atoms with E-state index < -0.39 is 0 Å². The van der Waals surface area contributed by atoms with Gasteiger partial charge in [0.25, 0.3) is 0 Å². The zero-order valence-electron chi connectivity index (χ0n) is 13.9. The van der Waals surface area contributed by atoms with E-state index in [1.54, 1.807) is 0 Å². The van der Waals surface area contributed by atoms with Crippen molar-refractivity contribution in [1.82, 2.24) is 15.1 Å². The maximum absolute atomic E-state index is 4.67. The van der Waals surface area contributed by atoms with Crippen molar-refractivity contribution in [3.05, 3.63) is 38.8 Å². The van der Waals surface area contributed by atoms with E-state index in [0.29, 0.717) is 6.04 Å². The number of hydrogen-bond acceptors (Lipinski definition) is 3. The summed E-state index contributed by atoms with van der Waals surface area (Å²) in [7, 11) is 0. The van der Waals surface area contributed by atoms with Gasteiger partial charge in [0, 0.05) is 34.5 Å². The maximum atomic E-state index is 4.67. The second-order valence-corrected chi connectivity index (χ2v) is 6.79. The number of likely N-dealkylation sites (N-methyl/N-ethyl adjacent to an activating group) is 1. The highest BCUT2D eigenvalue weighted by Crippen LogP contribution is 2.29. The Hall–Kier alpha value is -1.13. The van der Waals surface area contributed by atoms with Crippen LogP contribution >= 0.6 is 11.3 Å². The minimum absolute atomic E-state index is 0.388. The Kier molecular flexibility index (Phi) is 5.59. The molecular weight excluding hydrogens is 278 g/mol. The van der Waals surface area contributed by atoms with E-state index in [9.17, 15) is 0 Å². The fraction of sp³-hybridized carbons (Fsp3) is 0.588. The van der Waals surface area contributed by atoms with Crippen molar-refractivity contribution in [2.24, 2.45) is 0 Å². The molecule has 0 bridgehead atoms. The summed E-state index contributed by atoms with van der Waals surface area (Å²) >= 11 is 1.92. The molecule has 0 aliphatic carbocycles. The van der Waals surface area contributed by atoms with Crippen LogP contribution in [0.3, 0.4) is 0 Å². The predicted octanol–water partition coefficient (Wildman–Crippen LogP) is 4.04. The average Bonchev–Trinajstić information content (AvgIpc) is 3.02. The van der Waals surface area contributed by atoms with E-state index >= 15 is 0 Å². The summed E-state index contributed by atoms with van der Waals surface area (Å²) in [5.74, 6) is 0. The lowest BCUT2D eigenvalue weighted by molar-refractivity contribution is 0.521. The van der Waals surface area contributed by atoms with E-state index in [0.717, 1.165) is 25.9 Å². The van der Waals surface area contributed by atoms with Crippen LogP contribution < -0.4 is 5.32 Å². The molecule has 0 radical (unpaired) electrons. The third kappa shape index (κ3) is 3.74. The Morgan fingerprint density at radius 1 is 1.24 bits per heavy atom. The van der Waals surface area contributed by atoms with Gasteiger partial charge in [-0.1, -0.05) is 13.8 Å². The quantitative estimate of drug-likeness (QED) is 0.837. The van der Waals surface area contributed by atoms with E-state index in [-0.39, 0.29) is 0 Å². The third-order valence-corrected chi connectivity index (χ3v) is 5.23. The van der Waals surface area contributed by atoms with E-state index in [4.69, 9.17) is 0 Å². The molecule has 0 saturated carbocycles. The molecule has 0 aliphatic rings. The summed E-state index contributed by atoms with van der Waals surface area (Å²) in [6.45, 7) is 12.8. The smallest absolute Gasteiger partial charge is 0.0624 e. The second kappa shape index (κ2) is 7.23. The first-order chi connectivity index (χ1) is 10.1. The Balaban J connectivity index is 2.25. The van der Waals surface area contributed by atoms with E-state index in [1.165, 1.54) is 26.7 Å². The molecule has 2 aromatic heterocycles. The molecule has 0 aromatic carbocycles. The summed E-state index contributed by atoms with van der Waals surface area (Å²) in [6.07, 6.45) is 2.01. The molecule has 1 unspecified atom stereocenters. The van der Waals surface area contributed by atoms with E-state index in [2.05, 4.69) is 61.8 Å². The van der Waals surface area contributed by atoms with Gasteiger partial charge in [0.05, 0.1) is 5.69 Å². The minimum atomic E-state index is 0.388. The Bertz CT molecular complexity index is 563. The zero-order valence-corrected chi connectivity index (χ0v) is 14.7. The number of nitrogens with zero attached hydrogens (tertiary/aromatic N) is 2. The van der Waals surface area contributed by atoms with Crippen molar-refractivity contribution >= 4 is 11.3 Å². The number of rotatable bonds is 7. The van der Waals surface area contributed by atoms with Crippen LogP contribution in [0.1, 0.15) is 53.5 Å². The van der Waals surface area contributed by atoms with Gasteiger partial charge in [0.15, 0.2) is 0 Å². The highest BCUT2D eigenvalue weighted by Gasteiger charge is 2.17. The maximum Gasteiger partial charge on any atom is 0.0624 e. The fourth-order valence-electron chi connectivity index (χ4n) is 2.63. The zero-order chi connectivity index (χ0) is 15.4. The van der Waals surface area contributed by atoms with Crippen LogP contribution in [0.15, 0.2) is 12.1 Å².